The van der Waals surface area contributed by atoms with Crippen LogP contribution in [0.5, 0.6) is 0 Å². The van der Waals surface area contributed by atoms with E-state index in [0.29, 0.717) is 6.04 Å². The van der Waals surface area contributed by atoms with E-state index in [9.17, 15) is 0 Å². The van der Waals surface area contributed by atoms with Gasteiger partial charge in [0, 0.05) is 19.2 Å². The van der Waals surface area contributed by atoms with E-state index in [0.717, 1.165) is 32.8 Å². The summed E-state index contributed by atoms with van der Waals surface area (Å²) in [7, 11) is 0. The first-order valence-electron chi connectivity index (χ1n) is 6.78. The van der Waals surface area contributed by atoms with Gasteiger partial charge in [-0.15, -0.1) is 0 Å². The van der Waals surface area contributed by atoms with Crippen molar-refractivity contribution in [1.29, 1.82) is 0 Å². The van der Waals surface area contributed by atoms with Gasteiger partial charge in [0.15, 0.2) is 0 Å². The fourth-order valence-corrected chi connectivity index (χ4v) is 1.84. The summed E-state index contributed by atoms with van der Waals surface area (Å²) in [6, 6.07) is 0.649. The van der Waals surface area contributed by atoms with Gasteiger partial charge in [-0.3, -0.25) is 0 Å². The molecule has 0 saturated carbocycles. The van der Waals surface area contributed by atoms with Crippen molar-refractivity contribution in [3.8, 4) is 0 Å². The van der Waals surface area contributed by atoms with Crippen LogP contribution >= 0.6 is 0 Å². The fraction of sp³-hybridized carbons (Fsp3) is 1.00. The summed E-state index contributed by atoms with van der Waals surface area (Å²) in [6.07, 6.45) is 2.53. The molecule has 0 saturated heterocycles. The number of hydrogen-bond donors (Lipinski definition) is 1. The van der Waals surface area contributed by atoms with Crippen molar-refractivity contribution in [3.63, 3.8) is 0 Å². The number of hydrogen-bond acceptors (Lipinski definition) is 3. The summed E-state index contributed by atoms with van der Waals surface area (Å²) >= 11 is 0. The molecule has 0 aromatic heterocycles. The third-order valence-electron chi connectivity index (χ3n) is 2.87. The first kappa shape index (κ1) is 15.9. The Hall–Kier alpha value is -0.120. The highest BCUT2D eigenvalue weighted by atomic mass is 16.5. The topological polar surface area (TPSA) is 24.5 Å². The zero-order valence-corrected chi connectivity index (χ0v) is 11.6. The van der Waals surface area contributed by atoms with Crippen LogP contribution in [-0.2, 0) is 4.74 Å². The van der Waals surface area contributed by atoms with Crippen molar-refractivity contribution in [2.75, 3.05) is 39.4 Å². The van der Waals surface area contributed by atoms with Gasteiger partial charge in [0.25, 0.3) is 0 Å². The zero-order valence-electron chi connectivity index (χ0n) is 11.6. The molecule has 1 N–H and O–H groups in total. The molecule has 1 atom stereocenters. The molecular formula is C13H30N2O. The van der Waals surface area contributed by atoms with Crippen LogP contribution in [0, 0.1) is 0 Å². The van der Waals surface area contributed by atoms with E-state index < -0.39 is 0 Å². The smallest absolute Gasteiger partial charge is 0.0593 e. The maximum atomic E-state index is 5.38. The Morgan fingerprint density at radius 1 is 1.19 bits per heavy atom. The monoisotopic (exact) mass is 230 g/mol. The molecule has 0 aliphatic rings. The molecule has 0 amide bonds. The minimum absolute atomic E-state index is 0.649. The van der Waals surface area contributed by atoms with Crippen LogP contribution in [0.3, 0.4) is 0 Å². The highest BCUT2D eigenvalue weighted by Gasteiger charge is 2.04. The minimum Gasteiger partial charge on any atom is -0.380 e. The van der Waals surface area contributed by atoms with Crippen LogP contribution in [-0.4, -0.2) is 50.3 Å². The molecule has 3 heteroatoms. The molecule has 0 aromatic carbocycles. The SMILES string of the molecule is CCNC(C)CCCN(CC)CCOCC. The Morgan fingerprint density at radius 3 is 2.50 bits per heavy atom. The predicted molar refractivity (Wildman–Crippen MR) is 71.0 cm³/mol. The lowest BCUT2D eigenvalue weighted by Gasteiger charge is -2.21. The minimum atomic E-state index is 0.649. The fourth-order valence-electron chi connectivity index (χ4n) is 1.84. The van der Waals surface area contributed by atoms with E-state index in [1.54, 1.807) is 0 Å². The predicted octanol–water partition coefficient (Wildman–Crippen LogP) is 2.12. The van der Waals surface area contributed by atoms with E-state index in [4.69, 9.17) is 4.74 Å². The lowest BCUT2D eigenvalue weighted by molar-refractivity contribution is 0.114. The van der Waals surface area contributed by atoms with Crippen LogP contribution < -0.4 is 5.32 Å². The Labute approximate surface area is 102 Å². The number of nitrogens with zero attached hydrogens (tertiary/aromatic N) is 1. The van der Waals surface area contributed by atoms with Crippen LogP contribution in [0.25, 0.3) is 0 Å². The molecule has 0 bridgehead atoms. The molecule has 1 unspecified atom stereocenters. The van der Waals surface area contributed by atoms with E-state index in [1.807, 2.05) is 6.92 Å². The van der Waals surface area contributed by atoms with Crippen LogP contribution in [0.4, 0.5) is 0 Å². The van der Waals surface area contributed by atoms with Crippen molar-refractivity contribution in [3.05, 3.63) is 0 Å². The molecular weight excluding hydrogens is 200 g/mol. The molecule has 98 valence electrons. The summed E-state index contributed by atoms with van der Waals surface area (Å²) in [6.45, 7) is 14.9. The summed E-state index contributed by atoms with van der Waals surface area (Å²) in [5, 5.41) is 3.45. The van der Waals surface area contributed by atoms with E-state index >= 15 is 0 Å². The van der Waals surface area contributed by atoms with Crippen LogP contribution in [0.1, 0.15) is 40.5 Å². The van der Waals surface area contributed by atoms with Gasteiger partial charge in [0.1, 0.15) is 0 Å². The molecule has 0 aliphatic heterocycles. The van der Waals surface area contributed by atoms with Gasteiger partial charge < -0.3 is 15.0 Å². The third-order valence-corrected chi connectivity index (χ3v) is 2.87. The summed E-state index contributed by atoms with van der Waals surface area (Å²) in [5.41, 5.74) is 0. The van der Waals surface area contributed by atoms with Gasteiger partial charge in [0.05, 0.1) is 6.61 Å². The molecule has 3 nitrogen and oxygen atoms in total. The number of likely N-dealkylation sites (N-methyl/N-ethyl adjacent to an activating group) is 1. The normalized spacial score (nSPS) is 13.3. The maximum absolute atomic E-state index is 5.38. The Morgan fingerprint density at radius 2 is 1.94 bits per heavy atom. The Balaban J connectivity index is 3.46. The van der Waals surface area contributed by atoms with Crippen LogP contribution in [0.2, 0.25) is 0 Å². The second-order valence-electron chi connectivity index (χ2n) is 4.23. The molecule has 0 radical (unpaired) electrons. The molecule has 0 heterocycles. The quantitative estimate of drug-likeness (QED) is 0.550. The Kier molecular flexibility index (Phi) is 11.3. The average Bonchev–Trinajstić information content (AvgIpc) is 2.27. The average molecular weight is 230 g/mol. The number of nitrogens with one attached hydrogen (secondary N) is 1. The summed E-state index contributed by atoms with van der Waals surface area (Å²) in [4.78, 5) is 2.47. The molecule has 0 spiro atoms. The first-order chi connectivity index (χ1) is 7.74. The third kappa shape index (κ3) is 9.13. The second-order valence-corrected chi connectivity index (χ2v) is 4.23. The molecule has 0 aliphatic carbocycles. The van der Waals surface area contributed by atoms with Crippen molar-refractivity contribution < 1.29 is 4.74 Å². The van der Waals surface area contributed by atoms with Gasteiger partial charge >= 0.3 is 0 Å². The van der Waals surface area contributed by atoms with Gasteiger partial charge in [-0.2, -0.15) is 0 Å². The molecule has 16 heavy (non-hydrogen) atoms. The van der Waals surface area contributed by atoms with Crippen molar-refractivity contribution in [1.82, 2.24) is 10.2 Å². The van der Waals surface area contributed by atoms with Gasteiger partial charge in [-0.25, -0.2) is 0 Å². The van der Waals surface area contributed by atoms with Crippen LogP contribution in [0.15, 0.2) is 0 Å². The molecule has 0 rings (SSSR count). The zero-order chi connectivity index (χ0) is 12.2. The standard InChI is InChI=1S/C13H30N2O/c1-5-14-13(4)9-8-10-15(6-2)11-12-16-7-3/h13-14H,5-12H2,1-4H3. The van der Waals surface area contributed by atoms with Gasteiger partial charge in [-0.05, 0) is 46.3 Å². The highest BCUT2D eigenvalue weighted by Crippen LogP contribution is 1.99. The lowest BCUT2D eigenvalue weighted by atomic mass is 10.2. The largest absolute Gasteiger partial charge is 0.380 e. The van der Waals surface area contributed by atoms with Gasteiger partial charge in [-0.1, -0.05) is 13.8 Å². The van der Waals surface area contributed by atoms with E-state index in [-0.39, 0.29) is 0 Å². The van der Waals surface area contributed by atoms with Gasteiger partial charge in [0.2, 0.25) is 0 Å². The number of ether oxygens (including phenoxy) is 1. The van der Waals surface area contributed by atoms with Crippen molar-refractivity contribution >= 4 is 0 Å². The summed E-state index contributed by atoms with van der Waals surface area (Å²) < 4.78 is 5.38. The first-order valence-corrected chi connectivity index (χ1v) is 6.78. The molecule has 0 aromatic rings. The lowest BCUT2D eigenvalue weighted by Crippen LogP contribution is -2.31. The molecule has 0 fully saturated rings. The maximum Gasteiger partial charge on any atom is 0.0593 e. The number of rotatable bonds is 11. The second kappa shape index (κ2) is 11.4. The van der Waals surface area contributed by atoms with Crippen molar-refractivity contribution in [2.45, 2.75) is 46.6 Å². The van der Waals surface area contributed by atoms with Crippen molar-refractivity contribution in [2.24, 2.45) is 0 Å². The highest BCUT2D eigenvalue weighted by molar-refractivity contribution is 4.62. The Bertz CT molecular complexity index is 142. The summed E-state index contributed by atoms with van der Waals surface area (Å²) in [5.74, 6) is 0. The van der Waals surface area contributed by atoms with E-state index in [2.05, 4.69) is 31.0 Å². The van der Waals surface area contributed by atoms with E-state index in [1.165, 1.54) is 19.4 Å².